The highest BCUT2D eigenvalue weighted by atomic mass is 19.2. The molecule has 3 amide bonds. The number of likely N-dealkylation sites (tertiary alicyclic amines) is 1. The smallest absolute Gasteiger partial charge is 0.257 e. The Balaban J connectivity index is 1.11. The van der Waals surface area contributed by atoms with E-state index >= 15 is 0 Å². The van der Waals surface area contributed by atoms with E-state index in [1.54, 1.807) is 0 Å². The molecule has 1 fully saturated rings. The summed E-state index contributed by atoms with van der Waals surface area (Å²) in [5.74, 6) is -2.82. The van der Waals surface area contributed by atoms with Gasteiger partial charge in [0.05, 0.1) is 11.3 Å². The Hall–Kier alpha value is -4.27. The van der Waals surface area contributed by atoms with E-state index in [9.17, 15) is 23.2 Å². The number of piperidine rings is 1. The lowest BCUT2D eigenvalue weighted by Crippen LogP contribution is -2.46. The Kier molecular flexibility index (Phi) is 15.1. The third-order valence-electron chi connectivity index (χ3n) is 11.0. The summed E-state index contributed by atoms with van der Waals surface area (Å²) in [4.78, 5) is 47.7. The van der Waals surface area contributed by atoms with Crippen molar-refractivity contribution in [3.8, 4) is 0 Å². The van der Waals surface area contributed by atoms with Crippen molar-refractivity contribution in [2.75, 3.05) is 19.6 Å². The molecule has 0 bridgehead atoms. The average Bonchev–Trinajstić information content (AvgIpc) is 3.51. The number of nitrogens with one attached hydrogen (secondary N) is 2. The molecule has 0 spiro atoms. The first kappa shape index (κ1) is 40.9. The fourth-order valence-corrected chi connectivity index (χ4v) is 7.96. The number of rotatable bonds is 18. The summed E-state index contributed by atoms with van der Waals surface area (Å²) in [6.07, 6.45) is 24.0. The minimum Gasteiger partial charge on any atom is -0.354 e. The standard InChI is InChI=1S/C45H60F2N4O3/c1-4-5-6-7-8-9-10-11-12-13-14-15-16-17-18-23-40(52)50-28-26-34(27-29-50)48-43(53)36-31-51(44(54)33-24-25-37(46)38(47)30-33)32-45(2,3)41-35-21-19-20-22-39(35)49-42(36)41/h11-12,19-22,24-25,30-31,34,49H,4-10,13-18,23,26-29,32H2,1-3H3,(H,48,53). The van der Waals surface area contributed by atoms with E-state index < -0.39 is 23.0 Å². The summed E-state index contributed by atoms with van der Waals surface area (Å²) in [6.45, 7) is 7.66. The van der Waals surface area contributed by atoms with Gasteiger partial charge in [0.2, 0.25) is 5.91 Å². The Morgan fingerprint density at radius 3 is 2.19 bits per heavy atom. The Labute approximate surface area is 320 Å². The van der Waals surface area contributed by atoms with Crippen LogP contribution in [0.2, 0.25) is 0 Å². The molecule has 7 nitrogen and oxygen atoms in total. The number of benzene rings is 2. The molecule has 2 aliphatic rings. The van der Waals surface area contributed by atoms with Crippen LogP contribution in [0.5, 0.6) is 0 Å². The van der Waals surface area contributed by atoms with Gasteiger partial charge in [0, 0.05) is 60.2 Å². The second-order valence-corrected chi connectivity index (χ2v) is 15.9. The summed E-state index contributed by atoms with van der Waals surface area (Å²) >= 11 is 0. The van der Waals surface area contributed by atoms with Crippen molar-refractivity contribution in [2.45, 2.75) is 135 Å². The van der Waals surface area contributed by atoms with Crippen LogP contribution in [0.15, 0.2) is 60.8 Å². The molecule has 3 aromatic rings. The molecule has 0 unspecified atom stereocenters. The van der Waals surface area contributed by atoms with Gasteiger partial charge in [0.25, 0.3) is 11.8 Å². The van der Waals surface area contributed by atoms with E-state index in [2.05, 4.69) is 29.4 Å². The highest BCUT2D eigenvalue weighted by Gasteiger charge is 2.38. The molecule has 0 radical (unpaired) electrons. The molecule has 0 atom stereocenters. The number of H-pyrrole nitrogens is 1. The maximum absolute atomic E-state index is 14.2. The molecule has 54 heavy (non-hydrogen) atoms. The van der Waals surface area contributed by atoms with Crippen LogP contribution in [0.3, 0.4) is 0 Å². The zero-order chi connectivity index (χ0) is 38.5. The van der Waals surface area contributed by atoms with Gasteiger partial charge < -0.3 is 20.1 Å². The monoisotopic (exact) mass is 742 g/mol. The van der Waals surface area contributed by atoms with Crippen molar-refractivity contribution < 1.29 is 23.2 Å². The Morgan fingerprint density at radius 2 is 1.50 bits per heavy atom. The van der Waals surface area contributed by atoms with Crippen LogP contribution in [0.1, 0.15) is 145 Å². The predicted octanol–water partition coefficient (Wildman–Crippen LogP) is 10.4. The van der Waals surface area contributed by atoms with E-state index in [0.29, 0.717) is 43.6 Å². The lowest BCUT2D eigenvalue weighted by Gasteiger charge is -2.32. The van der Waals surface area contributed by atoms with Gasteiger partial charge in [-0.3, -0.25) is 14.4 Å². The molecular formula is C45H60F2N4O3. The summed E-state index contributed by atoms with van der Waals surface area (Å²) in [7, 11) is 0. The van der Waals surface area contributed by atoms with Crippen molar-refractivity contribution in [2.24, 2.45) is 0 Å². The molecule has 292 valence electrons. The third kappa shape index (κ3) is 10.9. The van der Waals surface area contributed by atoms with E-state index in [1.165, 1.54) is 75.0 Å². The van der Waals surface area contributed by atoms with Crippen LogP contribution in [-0.2, 0) is 15.0 Å². The quantitative estimate of drug-likeness (QED) is 0.101. The number of amides is 3. The number of aromatic nitrogens is 1. The number of carbonyl (C=O) groups excluding carboxylic acids is 3. The van der Waals surface area contributed by atoms with Crippen LogP contribution in [0.25, 0.3) is 16.5 Å². The van der Waals surface area contributed by atoms with Gasteiger partial charge in [-0.1, -0.05) is 102 Å². The van der Waals surface area contributed by atoms with Gasteiger partial charge in [-0.05, 0) is 74.8 Å². The Morgan fingerprint density at radius 1 is 0.852 bits per heavy atom. The van der Waals surface area contributed by atoms with Gasteiger partial charge in [-0.15, -0.1) is 0 Å². The summed E-state index contributed by atoms with van der Waals surface area (Å²) in [6, 6.07) is 10.8. The lowest BCUT2D eigenvalue weighted by atomic mass is 9.81. The molecule has 2 aromatic carbocycles. The largest absolute Gasteiger partial charge is 0.354 e. The normalized spacial score (nSPS) is 16.1. The van der Waals surface area contributed by atoms with Crippen molar-refractivity contribution >= 4 is 34.2 Å². The van der Waals surface area contributed by atoms with Crippen LogP contribution in [0.4, 0.5) is 8.78 Å². The number of carbonyl (C=O) groups is 3. The summed E-state index contributed by atoms with van der Waals surface area (Å²) in [5.41, 5.74) is 2.12. The number of fused-ring (bicyclic) bond motifs is 3. The van der Waals surface area contributed by atoms with Gasteiger partial charge >= 0.3 is 0 Å². The fourth-order valence-electron chi connectivity index (χ4n) is 7.96. The van der Waals surface area contributed by atoms with Gasteiger partial charge in [0.15, 0.2) is 11.6 Å². The molecule has 1 aromatic heterocycles. The van der Waals surface area contributed by atoms with E-state index in [4.69, 9.17) is 0 Å². The van der Waals surface area contributed by atoms with Gasteiger partial charge in [-0.2, -0.15) is 0 Å². The average molecular weight is 743 g/mol. The molecule has 2 N–H and O–H groups in total. The molecular weight excluding hydrogens is 683 g/mol. The first-order valence-electron chi connectivity index (χ1n) is 20.4. The maximum Gasteiger partial charge on any atom is 0.257 e. The number of para-hydroxylation sites is 1. The number of hydrogen-bond acceptors (Lipinski definition) is 3. The van der Waals surface area contributed by atoms with E-state index in [-0.39, 0.29) is 30.0 Å². The molecule has 0 saturated carbocycles. The van der Waals surface area contributed by atoms with Crippen LogP contribution >= 0.6 is 0 Å². The van der Waals surface area contributed by atoms with Crippen LogP contribution < -0.4 is 5.32 Å². The van der Waals surface area contributed by atoms with Gasteiger partial charge in [-0.25, -0.2) is 8.78 Å². The molecule has 1 saturated heterocycles. The topological polar surface area (TPSA) is 85.5 Å². The summed E-state index contributed by atoms with van der Waals surface area (Å²) in [5, 5.41) is 4.14. The second-order valence-electron chi connectivity index (χ2n) is 15.9. The number of unbranched alkanes of at least 4 members (excludes halogenated alkanes) is 11. The van der Waals surface area contributed by atoms with Crippen molar-refractivity contribution in [3.63, 3.8) is 0 Å². The number of hydrogen-bond donors (Lipinski definition) is 2. The first-order chi connectivity index (χ1) is 26.1. The highest BCUT2D eigenvalue weighted by molar-refractivity contribution is 6.21. The number of aromatic amines is 1. The maximum atomic E-state index is 14.2. The minimum atomic E-state index is -1.11. The second kappa shape index (κ2) is 19.9. The van der Waals surface area contributed by atoms with Gasteiger partial charge in [0.1, 0.15) is 0 Å². The van der Waals surface area contributed by atoms with Crippen LogP contribution in [0, 0.1) is 11.6 Å². The zero-order valence-corrected chi connectivity index (χ0v) is 32.7. The molecule has 2 aliphatic heterocycles. The minimum absolute atomic E-state index is 0.00469. The molecule has 9 heteroatoms. The van der Waals surface area contributed by atoms with Crippen molar-refractivity contribution in [1.82, 2.24) is 20.1 Å². The number of allylic oxidation sites excluding steroid dienone is 2. The molecule has 0 aliphatic carbocycles. The zero-order valence-electron chi connectivity index (χ0n) is 32.7. The fraction of sp³-hybridized carbons (Fsp3) is 0.533. The Bertz CT molecular complexity index is 1790. The number of nitrogens with zero attached hydrogens (tertiary/aromatic N) is 2. The number of halogens is 2. The lowest BCUT2D eigenvalue weighted by molar-refractivity contribution is -0.132. The predicted molar refractivity (Wildman–Crippen MR) is 214 cm³/mol. The molecule has 5 rings (SSSR count). The third-order valence-corrected chi connectivity index (χ3v) is 11.0. The van der Waals surface area contributed by atoms with E-state index in [1.807, 2.05) is 43.0 Å². The highest BCUT2D eigenvalue weighted by Crippen LogP contribution is 2.40. The van der Waals surface area contributed by atoms with E-state index in [0.717, 1.165) is 54.3 Å². The molecule has 3 heterocycles. The van der Waals surface area contributed by atoms with Crippen molar-refractivity contribution in [3.05, 3.63) is 89.3 Å². The van der Waals surface area contributed by atoms with Crippen molar-refractivity contribution in [1.29, 1.82) is 0 Å². The van der Waals surface area contributed by atoms with Crippen LogP contribution in [-0.4, -0.2) is 58.2 Å². The SMILES string of the molecule is CCCCCCCCC=CCCCCCCCC(=O)N1CCC(NC(=O)C2=CN(C(=O)c3ccc(F)c(F)c3)CC(C)(C)c3c2[nH]c2ccccc32)CC1. The summed E-state index contributed by atoms with van der Waals surface area (Å²) < 4.78 is 27.9. The first-order valence-corrected chi connectivity index (χ1v) is 20.4.